The Labute approximate surface area is 95.2 Å². The summed E-state index contributed by atoms with van der Waals surface area (Å²) >= 11 is 0. The van der Waals surface area contributed by atoms with Gasteiger partial charge in [0.1, 0.15) is 11.8 Å². The maximum atomic E-state index is 11.9. The Morgan fingerprint density at radius 3 is 3.06 bits per heavy atom. The first kappa shape index (κ1) is 11.0. The van der Waals surface area contributed by atoms with Crippen LogP contribution >= 0.6 is 0 Å². The second kappa shape index (κ2) is 4.53. The summed E-state index contributed by atoms with van der Waals surface area (Å²) in [5.74, 6) is 0.889. The minimum atomic E-state index is -0.242. The Hall–Kier alpha value is -1.55. The van der Waals surface area contributed by atoms with E-state index >= 15 is 0 Å². The highest BCUT2D eigenvalue weighted by Gasteiger charge is 2.27. The van der Waals surface area contributed by atoms with Crippen molar-refractivity contribution in [3.8, 4) is 5.75 Å². The fraction of sp³-hybridized carbons (Fsp3) is 0.417. The van der Waals surface area contributed by atoms with E-state index < -0.39 is 0 Å². The van der Waals surface area contributed by atoms with E-state index in [1.165, 1.54) is 0 Å². The number of ether oxygens (including phenoxy) is 1. The minimum Gasteiger partial charge on any atom is -0.497 e. The second-order valence-corrected chi connectivity index (χ2v) is 3.92. The molecule has 1 saturated heterocycles. The van der Waals surface area contributed by atoms with E-state index in [0.29, 0.717) is 0 Å². The Kier molecular flexibility index (Phi) is 3.10. The summed E-state index contributed by atoms with van der Waals surface area (Å²) in [6.07, 6.45) is 0. The maximum absolute atomic E-state index is 11.9. The van der Waals surface area contributed by atoms with Gasteiger partial charge in [0.2, 0.25) is 5.91 Å². The van der Waals surface area contributed by atoms with Crippen LogP contribution in [-0.4, -0.2) is 38.1 Å². The third-order valence-electron chi connectivity index (χ3n) is 2.85. The fourth-order valence-electron chi connectivity index (χ4n) is 1.88. The molecule has 0 aromatic heterocycles. The van der Waals surface area contributed by atoms with E-state index in [4.69, 9.17) is 4.74 Å². The lowest BCUT2D eigenvalue weighted by Gasteiger charge is -2.30. The first-order chi connectivity index (χ1) is 7.72. The number of hydrogen-bond acceptors (Lipinski definition) is 3. The van der Waals surface area contributed by atoms with Crippen molar-refractivity contribution >= 4 is 5.91 Å². The summed E-state index contributed by atoms with van der Waals surface area (Å²) in [6, 6.07) is 7.37. The lowest BCUT2D eigenvalue weighted by molar-refractivity contribution is -0.134. The van der Waals surface area contributed by atoms with Gasteiger partial charge in [-0.3, -0.25) is 4.79 Å². The summed E-state index contributed by atoms with van der Waals surface area (Å²) in [4.78, 5) is 13.7. The van der Waals surface area contributed by atoms with Crippen LogP contribution in [0.25, 0.3) is 0 Å². The van der Waals surface area contributed by atoms with Crippen molar-refractivity contribution in [1.82, 2.24) is 10.2 Å². The van der Waals surface area contributed by atoms with Crippen molar-refractivity contribution < 1.29 is 9.53 Å². The Morgan fingerprint density at radius 2 is 2.31 bits per heavy atom. The first-order valence-electron chi connectivity index (χ1n) is 5.34. The molecule has 1 aliphatic rings. The zero-order chi connectivity index (χ0) is 11.5. The summed E-state index contributed by atoms with van der Waals surface area (Å²) in [5, 5.41) is 3.22. The highest BCUT2D eigenvalue weighted by atomic mass is 16.5. The van der Waals surface area contributed by atoms with Crippen LogP contribution in [-0.2, 0) is 4.79 Å². The van der Waals surface area contributed by atoms with Gasteiger partial charge in [0, 0.05) is 20.1 Å². The van der Waals surface area contributed by atoms with Gasteiger partial charge in [-0.2, -0.15) is 0 Å². The monoisotopic (exact) mass is 220 g/mol. The number of nitrogens with one attached hydrogen (secondary N) is 1. The van der Waals surface area contributed by atoms with Crippen LogP contribution in [0.2, 0.25) is 0 Å². The molecule has 2 rings (SSSR count). The summed E-state index contributed by atoms with van der Waals surface area (Å²) < 4.78 is 5.16. The minimum absolute atomic E-state index is 0.111. The summed E-state index contributed by atoms with van der Waals surface area (Å²) in [5.41, 5.74) is 0.955. The van der Waals surface area contributed by atoms with Crippen LogP contribution in [0, 0.1) is 0 Å². The van der Waals surface area contributed by atoms with Crippen molar-refractivity contribution in [3.05, 3.63) is 29.8 Å². The normalized spacial score (nSPS) is 21.0. The first-order valence-corrected chi connectivity index (χ1v) is 5.34. The van der Waals surface area contributed by atoms with Gasteiger partial charge in [-0.05, 0) is 17.7 Å². The summed E-state index contributed by atoms with van der Waals surface area (Å²) in [7, 11) is 3.46. The van der Waals surface area contributed by atoms with Gasteiger partial charge in [-0.25, -0.2) is 0 Å². The number of nitrogens with zero attached hydrogens (tertiary/aromatic N) is 1. The van der Waals surface area contributed by atoms with E-state index in [-0.39, 0.29) is 11.9 Å². The average Bonchev–Trinajstić information content (AvgIpc) is 2.33. The zero-order valence-corrected chi connectivity index (χ0v) is 9.56. The summed E-state index contributed by atoms with van der Waals surface area (Å²) in [6.45, 7) is 1.59. The number of carbonyl (C=O) groups excluding carboxylic acids is 1. The van der Waals surface area contributed by atoms with Gasteiger partial charge < -0.3 is 15.0 Å². The number of amides is 1. The highest BCUT2D eigenvalue weighted by Crippen LogP contribution is 2.22. The molecule has 16 heavy (non-hydrogen) atoms. The molecule has 1 unspecified atom stereocenters. The molecule has 1 heterocycles. The number of likely N-dealkylation sites (N-methyl/N-ethyl adjacent to an activating group) is 1. The molecule has 1 aromatic rings. The standard InChI is InChI=1S/C12H16N2O2/c1-14-7-6-13-11(12(14)15)9-4-3-5-10(8-9)16-2/h3-5,8,11,13H,6-7H2,1-2H3. The SMILES string of the molecule is COc1cccc(C2NCCN(C)C2=O)c1. The van der Waals surface area contributed by atoms with E-state index in [1.807, 2.05) is 31.3 Å². The molecular formula is C12H16N2O2. The number of methoxy groups -OCH3 is 1. The van der Waals surface area contributed by atoms with Crippen LogP contribution in [0.15, 0.2) is 24.3 Å². The molecule has 0 saturated carbocycles. The van der Waals surface area contributed by atoms with E-state index in [0.717, 1.165) is 24.4 Å². The molecule has 0 spiro atoms. The third-order valence-corrected chi connectivity index (χ3v) is 2.85. The molecule has 4 heteroatoms. The number of hydrogen-bond donors (Lipinski definition) is 1. The van der Waals surface area contributed by atoms with Gasteiger partial charge in [0.15, 0.2) is 0 Å². The fourth-order valence-corrected chi connectivity index (χ4v) is 1.88. The van der Waals surface area contributed by atoms with Crippen molar-refractivity contribution in [2.75, 3.05) is 27.2 Å². The number of piperazine rings is 1. The molecular weight excluding hydrogens is 204 g/mol. The molecule has 1 amide bonds. The molecule has 0 bridgehead atoms. The van der Waals surface area contributed by atoms with Gasteiger partial charge in [0.05, 0.1) is 7.11 Å². The quantitative estimate of drug-likeness (QED) is 0.801. The maximum Gasteiger partial charge on any atom is 0.244 e. The molecule has 0 radical (unpaired) electrons. The Bertz CT molecular complexity index is 392. The number of benzene rings is 1. The lowest BCUT2D eigenvalue weighted by Crippen LogP contribution is -2.48. The highest BCUT2D eigenvalue weighted by molar-refractivity contribution is 5.83. The number of rotatable bonds is 2. The van der Waals surface area contributed by atoms with Crippen LogP contribution in [0.4, 0.5) is 0 Å². The number of carbonyl (C=O) groups is 1. The van der Waals surface area contributed by atoms with Crippen molar-refractivity contribution in [2.24, 2.45) is 0 Å². The van der Waals surface area contributed by atoms with Gasteiger partial charge in [0.25, 0.3) is 0 Å². The second-order valence-electron chi connectivity index (χ2n) is 3.92. The Morgan fingerprint density at radius 1 is 1.50 bits per heavy atom. The lowest BCUT2D eigenvalue weighted by atomic mass is 10.0. The molecule has 0 aliphatic carbocycles. The molecule has 1 N–H and O–H groups in total. The van der Waals surface area contributed by atoms with Gasteiger partial charge in [-0.1, -0.05) is 12.1 Å². The van der Waals surface area contributed by atoms with E-state index in [9.17, 15) is 4.79 Å². The molecule has 86 valence electrons. The smallest absolute Gasteiger partial charge is 0.244 e. The predicted molar refractivity (Wildman–Crippen MR) is 61.4 cm³/mol. The third kappa shape index (κ3) is 2.02. The molecule has 1 aliphatic heterocycles. The molecule has 4 nitrogen and oxygen atoms in total. The van der Waals surface area contributed by atoms with Crippen LogP contribution < -0.4 is 10.1 Å². The van der Waals surface area contributed by atoms with Gasteiger partial charge in [-0.15, -0.1) is 0 Å². The van der Waals surface area contributed by atoms with Crippen LogP contribution in [0.5, 0.6) is 5.75 Å². The van der Waals surface area contributed by atoms with Crippen LogP contribution in [0.3, 0.4) is 0 Å². The predicted octanol–water partition coefficient (Wildman–Crippen LogP) is 0.798. The van der Waals surface area contributed by atoms with Crippen molar-refractivity contribution in [3.63, 3.8) is 0 Å². The van der Waals surface area contributed by atoms with Crippen molar-refractivity contribution in [2.45, 2.75) is 6.04 Å². The topological polar surface area (TPSA) is 41.6 Å². The van der Waals surface area contributed by atoms with E-state index in [1.54, 1.807) is 12.0 Å². The average molecular weight is 220 g/mol. The molecule has 1 atom stereocenters. The largest absolute Gasteiger partial charge is 0.497 e. The van der Waals surface area contributed by atoms with Crippen LogP contribution in [0.1, 0.15) is 11.6 Å². The zero-order valence-electron chi connectivity index (χ0n) is 9.56. The van der Waals surface area contributed by atoms with E-state index in [2.05, 4.69) is 5.32 Å². The van der Waals surface area contributed by atoms with Gasteiger partial charge >= 0.3 is 0 Å². The Balaban J connectivity index is 2.25. The molecule has 1 fully saturated rings. The molecule has 1 aromatic carbocycles. The van der Waals surface area contributed by atoms with Crippen molar-refractivity contribution in [1.29, 1.82) is 0 Å².